The van der Waals surface area contributed by atoms with Crippen LogP contribution in [0.15, 0.2) is 36.4 Å². The smallest absolute Gasteiger partial charge is 0.306 e. The highest BCUT2D eigenvalue weighted by atomic mass is 35.5. The van der Waals surface area contributed by atoms with Crippen LogP contribution in [0, 0.1) is 13.8 Å². The zero-order valence-corrected chi connectivity index (χ0v) is 23.6. The van der Waals surface area contributed by atoms with Crippen molar-refractivity contribution < 1.29 is 19.4 Å². The molecular weight excluding hydrogens is 497 g/mol. The number of carbonyl (C=O) groups is 1. The second-order valence-electron chi connectivity index (χ2n) is 9.29. The minimum Gasteiger partial charge on any atom is -0.466 e. The summed E-state index contributed by atoms with van der Waals surface area (Å²) in [7, 11) is 0. The van der Waals surface area contributed by atoms with Crippen molar-refractivity contribution in [1.29, 1.82) is 0 Å². The summed E-state index contributed by atoms with van der Waals surface area (Å²) in [5, 5.41) is 11.8. The van der Waals surface area contributed by atoms with E-state index in [-0.39, 0.29) is 12.1 Å². The van der Waals surface area contributed by atoms with Crippen molar-refractivity contribution in [3.05, 3.63) is 68.7 Å². The van der Waals surface area contributed by atoms with Crippen LogP contribution in [0.4, 0.5) is 0 Å². The number of hydrogen-bond acceptors (Lipinski definition) is 5. The summed E-state index contributed by atoms with van der Waals surface area (Å²) in [6, 6.07) is 11.7. The Labute approximate surface area is 226 Å². The second kappa shape index (κ2) is 16.3. The SMILES string of the molecule is CCOC(=O)CCc1cc(Cl)ccc1C(CC)OCC(O)CN1CCCC1.Cc1ccc(C)c(Cl)c1. The van der Waals surface area contributed by atoms with Gasteiger partial charge in [0.1, 0.15) is 0 Å². The molecule has 36 heavy (non-hydrogen) atoms. The molecule has 1 heterocycles. The van der Waals surface area contributed by atoms with E-state index in [0.717, 1.165) is 41.2 Å². The molecule has 2 aromatic carbocycles. The van der Waals surface area contributed by atoms with Crippen molar-refractivity contribution >= 4 is 29.2 Å². The molecule has 2 atom stereocenters. The standard InChI is InChI=1S/C21H32ClNO4.C8H9Cl/c1-3-20(27-15-18(24)14-23-11-5-6-12-23)19-9-8-17(22)13-16(19)7-10-21(25)26-4-2;1-6-3-4-7(2)8(9)5-6/h8-9,13,18,20,24H,3-7,10-12,14-15H2,1-2H3;3-5H,1-2H3. The number of likely N-dealkylation sites (tertiary alicyclic amines) is 1. The molecule has 1 saturated heterocycles. The largest absolute Gasteiger partial charge is 0.466 e. The van der Waals surface area contributed by atoms with Gasteiger partial charge < -0.3 is 19.5 Å². The Kier molecular flexibility index (Phi) is 13.8. The Balaban J connectivity index is 0.000000425. The number of hydrogen-bond donors (Lipinski definition) is 1. The molecule has 2 aromatic rings. The number of aryl methyl sites for hydroxylation is 3. The van der Waals surface area contributed by atoms with Gasteiger partial charge in [-0.05, 0) is 100.0 Å². The van der Waals surface area contributed by atoms with Crippen LogP contribution >= 0.6 is 23.2 Å². The molecule has 2 unspecified atom stereocenters. The lowest BCUT2D eigenvalue weighted by Gasteiger charge is -2.24. The first-order chi connectivity index (χ1) is 17.2. The molecule has 3 rings (SSSR count). The quantitative estimate of drug-likeness (QED) is 0.322. The van der Waals surface area contributed by atoms with Crippen LogP contribution < -0.4 is 0 Å². The van der Waals surface area contributed by atoms with E-state index in [2.05, 4.69) is 17.9 Å². The summed E-state index contributed by atoms with van der Waals surface area (Å²) in [5.41, 5.74) is 4.38. The van der Waals surface area contributed by atoms with Crippen LogP contribution in [0.2, 0.25) is 10.0 Å². The number of halogens is 2. The zero-order valence-electron chi connectivity index (χ0n) is 22.1. The third-order valence-electron chi connectivity index (χ3n) is 6.21. The van der Waals surface area contributed by atoms with Crippen LogP contribution in [0.1, 0.15) is 67.9 Å². The molecule has 0 saturated carbocycles. The molecule has 7 heteroatoms. The van der Waals surface area contributed by atoms with Crippen molar-refractivity contribution in [3.63, 3.8) is 0 Å². The first-order valence-electron chi connectivity index (χ1n) is 12.9. The van der Waals surface area contributed by atoms with Gasteiger partial charge >= 0.3 is 5.97 Å². The van der Waals surface area contributed by atoms with Gasteiger partial charge in [-0.1, -0.05) is 48.3 Å². The van der Waals surface area contributed by atoms with E-state index in [9.17, 15) is 9.90 Å². The van der Waals surface area contributed by atoms with Crippen molar-refractivity contribution in [3.8, 4) is 0 Å². The lowest BCUT2D eigenvalue weighted by atomic mass is 9.97. The van der Waals surface area contributed by atoms with E-state index in [1.54, 1.807) is 6.92 Å². The van der Waals surface area contributed by atoms with Crippen molar-refractivity contribution in [1.82, 2.24) is 4.90 Å². The van der Waals surface area contributed by atoms with Gasteiger partial charge in [-0.15, -0.1) is 0 Å². The highest BCUT2D eigenvalue weighted by molar-refractivity contribution is 6.31. The molecule has 0 aromatic heterocycles. The minimum absolute atomic E-state index is 0.132. The number of esters is 1. The van der Waals surface area contributed by atoms with Crippen LogP contribution in [0.3, 0.4) is 0 Å². The molecule has 200 valence electrons. The topological polar surface area (TPSA) is 59.0 Å². The Hall–Kier alpha value is -1.63. The normalized spacial score (nSPS) is 15.2. The number of benzene rings is 2. The van der Waals surface area contributed by atoms with Gasteiger partial charge in [-0.2, -0.15) is 0 Å². The number of aliphatic hydroxyl groups is 1. The van der Waals surface area contributed by atoms with Gasteiger partial charge in [0, 0.05) is 23.0 Å². The van der Waals surface area contributed by atoms with E-state index < -0.39 is 6.10 Å². The van der Waals surface area contributed by atoms with Gasteiger partial charge in [0.2, 0.25) is 0 Å². The molecule has 0 spiro atoms. The zero-order chi connectivity index (χ0) is 26.5. The second-order valence-corrected chi connectivity index (χ2v) is 10.1. The maximum absolute atomic E-state index is 11.7. The molecule has 0 amide bonds. The Morgan fingerprint density at radius 1 is 1.08 bits per heavy atom. The fraction of sp³-hybridized carbons (Fsp3) is 0.552. The molecule has 0 aliphatic carbocycles. The van der Waals surface area contributed by atoms with Crippen LogP contribution in [-0.2, 0) is 20.7 Å². The Morgan fingerprint density at radius 3 is 2.42 bits per heavy atom. The number of β-amino-alcohol motifs (C(OH)–C–C–N with tert-alkyl or cyclic N) is 1. The number of nitrogens with zero attached hydrogens (tertiary/aromatic N) is 1. The summed E-state index contributed by atoms with van der Waals surface area (Å²) in [6.07, 6.45) is 3.45. The lowest BCUT2D eigenvalue weighted by Crippen LogP contribution is -2.33. The summed E-state index contributed by atoms with van der Waals surface area (Å²) >= 11 is 12.0. The van der Waals surface area contributed by atoms with E-state index in [1.165, 1.54) is 18.4 Å². The molecule has 1 N–H and O–H groups in total. The van der Waals surface area contributed by atoms with Gasteiger partial charge in [0.05, 0.1) is 25.4 Å². The number of ether oxygens (including phenoxy) is 2. The third kappa shape index (κ3) is 10.8. The van der Waals surface area contributed by atoms with Crippen LogP contribution in [-0.4, -0.2) is 54.9 Å². The minimum atomic E-state index is -0.493. The molecule has 1 aliphatic rings. The lowest BCUT2D eigenvalue weighted by molar-refractivity contribution is -0.143. The average molecular weight is 539 g/mol. The predicted molar refractivity (Wildman–Crippen MR) is 148 cm³/mol. The van der Waals surface area contributed by atoms with E-state index in [0.29, 0.717) is 37.6 Å². The first kappa shape index (κ1) is 30.6. The Bertz CT molecular complexity index is 947. The first-order valence-corrected chi connectivity index (χ1v) is 13.7. The summed E-state index contributed by atoms with van der Waals surface area (Å²) < 4.78 is 11.1. The Morgan fingerprint density at radius 2 is 1.81 bits per heavy atom. The van der Waals surface area contributed by atoms with E-state index in [1.807, 2.05) is 44.2 Å². The predicted octanol–water partition coefficient (Wildman–Crippen LogP) is 6.72. The highest BCUT2D eigenvalue weighted by Gasteiger charge is 2.20. The molecule has 1 fully saturated rings. The molecular formula is C29H41Cl2NO4. The van der Waals surface area contributed by atoms with Gasteiger partial charge in [-0.3, -0.25) is 4.79 Å². The maximum Gasteiger partial charge on any atom is 0.306 e. The molecule has 0 radical (unpaired) electrons. The van der Waals surface area contributed by atoms with Crippen LogP contribution in [0.25, 0.3) is 0 Å². The average Bonchev–Trinajstić information content (AvgIpc) is 3.35. The number of carbonyl (C=O) groups excluding carboxylic acids is 1. The van der Waals surface area contributed by atoms with Crippen molar-refractivity contribution in [2.24, 2.45) is 0 Å². The maximum atomic E-state index is 11.7. The molecule has 0 bridgehead atoms. The summed E-state index contributed by atoms with van der Waals surface area (Å²) in [5.74, 6) is -0.210. The van der Waals surface area contributed by atoms with Gasteiger partial charge in [-0.25, -0.2) is 0 Å². The van der Waals surface area contributed by atoms with Crippen molar-refractivity contribution in [2.75, 3.05) is 32.8 Å². The molecule has 5 nitrogen and oxygen atoms in total. The summed E-state index contributed by atoms with van der Waals surface area (Å²) in [6.45, 7) is 11.4. The highest BCUT2D eigenvalue weighted by Crippen LogP contribution is 2.28. The van der Waals surface area contributed by atoms with Gasteiger partial charge in [0.25, 0.3) is 0 Å². The number of rotatable bonds is 11. The monoisotopic (exact) mass is 537 g/mol. The van der Waals surface area contributed by atoms with Crippen molar-refractivity contribution in [2.45, 2.75) is 72.0 Å². The van der Waals surface area contributed by atoms with E-state index in [4.69, 9.17) is 32.7 Å². The number of aliphatic hydroxyl groups excluding tert-OH is 1. The van der Waals surface area contributed by atoms with Crippen LogP contribution in [0.5, 0.6) is 0 Å². The fourth-order valence-electron chi connectivity index (χ4n) is 4.24. The fourth-order valence-corrected chi connectivity index (χ4v) is 4.67. The van der Waals surface area contributed by atoms with E-state index >= 15 is 0 Å². The molecule has 1 aliphatic heterocycles. The van der Waals surface area contributed by atoms with Gasteiger partial charge in [0.15, 0.2) is 0 Å². The summed E-state index contributed by atoms with van der Waals surface area (Å²) in [4.78, 5) is 14.0. The third-order valence-corrected chi connectivity index (χ3v) is 6.85.